The van der Waals surface area contributed by atoms with Crippen molar-refractivity contribution in [2.75, 3.05) is 6.54 Å². The van der Waals surface area contributed by atoms with Crippen LogP contribution >= 0.6 is 11.8 Å². The van der Waals surface area contributed by atoms with E-state index in [1.54, 1.807) is 11.8 Å². The number of aromatic nitrogens is 1. The van der Waals surface area contributed by atoms with Gasteiger partial charge in [-0.25, -0.2) is 4.98 Å². The molecule has 2 aromatic rings. The molecule has 0 radical (unpaired) electrons. The molecule has 1 aliphatic heterocycles. The van der Waals surface area contributed by atoms with Crippen LogP contribution in [-0.4, -0.2) is 22.5 Å². The first-order chi connectivity index (χ1) is 10.3. The number of hydrogen-bond acceptors (Lipinski definition) is 3. The van der Waals surface area contributed by atoms with E-state index in [1.807, 2.05) is 6.20 Å². The molecular weight excluding hydrogens is 276 g/mol. The number of likely N-dealkylation sites (tertiary alicyclic amines) is 1. The summed E-state index contributed by atoms with van der Waals surface area (Å²) in [5, 5.41) is 1.15. The van der Waals surface area contributed by atoms with Gasteiger partial charge in [-0.2, -0.15) is 0 Å². The van der Waals surface area contributed by atoms with E-state index in [-0.39, 0.29) is 0 Å². The smallest absolute Gasteiger partial charge is 0.105 e. The second-order valence-electron chi connectivity index (χ2n) is 5.80. The van der Waals surface area contributed by atoms with Crippen LogP contribution in [-0.2, 0) is 0 Å². The minimum absolute atomic E-state index is 0.518. The molecule has 110 valence electrons. The Hall–Kier alpha value is -1.32. The summed E-state index contributed by atoms with van der Waals surface area (Å²) >= 11 is 1.78. The van der Waals surface area contributed by atoms with Crippen molar-refractivity contribution in [3.8, 4) is 0 Å². The Morgan fingerprint density at radius 1 is 1.14 bits per heavy atom. The first-order valence-electron chi connectivity index (χ1n) is 7.69. The van der Waals surface area contributed by atoms with Gasteiger partial charge in [0.05, 0.1) is 0 Å². The monoisotopic (exact) mass is 298 g/mol. The summed E-state index contributed by atoms with van der Waals surface area (Å²) in [4.78, 5) is 8.51. The van der Waals surface area contributed by atoms with Crippen LogP contribution in [0.15, 0.2) is 58.6 Å². The van der Waals surface area contributed by atoms with Crippen LogP contribution in [0.2, 0.25) is 0 Å². The molecule has 1 aromatic heterocycles. The SMILES string of the molecule is CC(C)N1CCC[C@@H]1c1cccnc1Sc1ccccc1. The van der Waals surface area contributed by atoms with Crippen molar-refractivity contribution in [3.63, 3.8) is 0 Å². The first kappa shape index (κ1) is 14.6. The van der Waals surface area contributed by atoms with Gasteiger partial charge in [0.25, 0.3) is 0 Å². The average molecular weight is 298 g/mol. The van der Waals surface area contributed by atoms with E-state index in [1.165, 1.54) is 29.8 Å². The molecule has 0 bridgehead atoms. The average Bonchev–Trinajstić information content (AvgIpc) is 2.98. The Kier molecular flexibility index (Phi) is 4.61. The molecular formula is C18H22N2S. The second-order valence-corrected chi connectivity index (χ2v) is 6.86. The summed E-state index contributed by atoms with van der Waals surface area (Å²) in [6.07, 6.45) is 4.43. The van der Waals surface area contributed by atoms with E-state index in [9.17, 15) is 0 Å². The molecule has 2 nitrogen and oxygen atoms in total. The standard InChI is InChI=1S/C18H22N2S/c1-14(2)20-13-7-11-17(20)16-10-6-12-19-18(16)21-15-8-4-3-5-9-15/h3-6,8-10,12,14,17H,7,11,13H2,1-2H3/t17-/m1/s1. The van der Waals surface area contributed by atoms with E-state index >= 15 is 0 Å². The highest BCUT2D eigenvalue weighted by Gasteiger charge is 2.29. The van der Waals surface area contributed by atoms with Crippen molar-refractivity contribution in [1.29, 1.82) is 0 Å². The molecule has 1 fully saturated rings. The lowest BCUT2D eigenvalue weighted by Crippen LogP contribution is -2.30. The van der Waals surface area contributed by atoms with Crippen LogP contribution in [0.25, 0.3) is 0 Å². The zero-order valence-electron chi connectivity index (χ0n) is 12.7. The van der Waals surface area contributed by atoms with Gasteiger partial charge in [0.1, 0.15) is 5.03 Å². The van der Waals surface area contributed by atoms with Crippen molar-refractivity contribution >= 4 is 11.8 Å². The Morgan fingerprint density at radius 2 is 1.95 bits per heavy atom. The largest absolute Gasteiger partial charge is 0.294 e. The summed E-state index contributed by atoms with van der Waals surface area (Å²) in [7, 11) is 0. The highest BCUT2D eigenvalue weighted by atomic mass is 32.2. The zero-order chi connectivity index (χ0) is 14.7. The topological polar surface area (TPSA) is 16.1 Å². The molecule has 0 aliphatic carbocycles. The molecule has 0 amide bonds. The Morgan fingerprint density at radius 3 is 2.71 bits per heavy atom. The molecule has 1 aliphatic rings. The fourth-order valence-corrected chi connectivity index (χ4v) is 4.04. The first-order valence-corrected chi connectivity index (χ1v) is 8.51. The number of benzene rings is 1. The van der Waals surface area contributed by atoms with Crippen molar-refractivity contribution in [2.45, 2.75) is 48.7 Å². The maximum atomic E-state index is 4.65. The van der Waals surface area contributed by atoms with Crippen molar-refractivity contribution in [3.05, 3.63) is 54.2 Å². The van der Waals surface area contributed by atoms with Crippen molar-refractivity contribution < 1.29 is 0 Å². The highest BCUT2D eigenvalue weighted by Crippen LogP contribution is 2.39. The normalized spacial score (nSPS) is 19.3. The summed E-state index contributed by atoms with van der Waals surface area (Å²) in [5.41, 5.74) is 1.39. The van der Waals surface area contributed by atoms with Gasteiger partial charge in [0.2, 0.25) is 0 Å². The number of nitrogens with zero attached hydrogens (tertiary/aromatic N) is 2. The quantitative estimate of drug-likeness (QED) is 0.808. The van der Waals surface area contributed by atoms with Crippen LogP contribution < -0.4 is 0 Å². The predicted molar refractivity (Wildman–Crippen MR) is 88.6 cm³/mol. The van der Waals surface area contributed by atoms with Gasteiger partial charge in [0, 0.05) is 28.7 Å². The van der Waals surface area contributed by atoms with E-state index in [0.717, 1.165) is 5.03 Å². The lowest BCUT2D eigenvalue weighted by molar-refractivity contribution is 0.203. The Balaban J connectivity index is 1.89. The third-order valence-electron chi connectivity index (χ3n) is 4.07. The lowest BCUT2D eigenvalue weighted by atomic mass is 10.1. The zero-order valence-corrected chi connectivity index (χ0v) is 13.5. The minimum atomic E-state index is 0.518. The maximum Gasteiger partial charge on any atom is 0.105 e. The molecule has 3 heteroatoms. The molecule has 0 saturated carbocycles. The number of rotatable bonds is 4. The molecule has 3 rings (SSSR count). The van der Waals surface area contributed by atoms with Crippen molar-refractivity contribution in [2.24, 2.45) is 0 Å². The van der Waals surface area contributed by atoms with E-state index < -0.39 is 0 Å². The Bertz CT molecular complexity index is 583. The highest BCUT2D eigenvalue weighted by molar-refractivity contribution is 7.99. The molecule has 1 saturated heterocycles. The van der Waals surface area contributed by atoms with Crippen LogP contribution in [0.4, 0.5) is 0 Å². The molecule has 2 heterocycles. The van der Waals surface area contributed by atoms with Gasteiger partial charge >= 0.3 is 0 Å². The van der Waals surface area contributed by atoms with E-state index in [2.05, 4.69) is 66.2 Å². The number of hydrogen-bond donors (Lipinski definition) is 0. The maximum absolute atomic E-state index is 4.65. The van der Waals surface area contributed by atoms with Crippen LogP contribution in [0.5, 0.6) is 0 Å². The number of pyridine rings is 1. The third-order valence-corrected chi connectivity index (χ3v) is 5.12. The molecule has 1 atom stereocenters. The third kappa shape index (κ3) is 3.30. The predicted octanol–water partition coefficient (Wildman–Crippen LogP) is 4.78. The van der Waals surface area contributed by atoms with Crippen LogP contribution in [0.1, 0.15) is 38.3 Å². The molecule has 0 unspecified atom stereocenters. The van der Waals surface area contributed by atoms with Crippen LogP contribution in [0.3, 0.4) is 0 Å². The summed E-state index contributed by atoms with van der Waals surface area (Å²) in [6.45, 7) is 5.78. The van der Waals surface area contributed by atoms with Gasteiger partial charge in [-0.15, -0.1) is 0 Å². The summed E-state index contributed by atoms with van der Waals surface area (Å²) < 4.78 is 0. The summed E-state index contributed by atoms with van der Waals surface area (Å²) in [6, 6.07) is 16.0. The summed E-state index contributed by atoms with van der Waals surface area (Å²) in [5.74, 6) is 0. The second kappa shape index (κ2) is 6.63. The minimum Gasteiger partial charge on any atom is -0.294 e. The fraction of sp³-hybridized carbons (Fsp3) is 0.389. The van der Waals surface area contributed by atoms with E-state index in [4.69, 9.17) is 0 Å². The van der Waals surface area contributed by atoms with Gasteiger partial charge in [0.15, 0.2) is 0 Å². The molecule has 1 aromatic carbocycles. The Labute approximate surface area is 131 Å². The van der Waals surface area contributed by atoms with Crippen LogP contribution in [0, 0.1) is 0 Å². The van der Waals surface area contributed by atoms with Gasteiger partial charge in [-0.1, -0.05) is 36.0 Å². The molecule has 21 heavy (non-hydrogen) atoms. The van der Waals surface area contributed by atoms with Gasteiger partial charge in [-0.3, -0.25) is 4.90 Å². The molecule has 0 spiro atoms. The molecule has 0 N–H and O–H groups in total. The van der Waals surface area contributed by atoms with Gasteiger partial charge in [-0.05, 0) is 51.4 Å². The van der Waals surface area contributed by atoms with Gasteiger partial charge < -0.3 is 0 Å². The lowest BCUT2D eigenvalue weighted by Gasteiger charge is -2.29. The fourth-order valence-electron chi connectivity index (χ4n) is 3.08. The van der Waals surface area contributed by atoms with E-state index in [0.29, 0.717) is 12.1 Å². The van der Waals surface area contributed by atoms with Crippen molar-refractivity contribution in [1.82, 2.24) is 9.88 Å².